The van der Waals surface area contributed by atoms with Gasteiger partial charge >= 0.3 is 0 Å². The average molecular weight is 368 g/mol. The molecular weight excluding hydrogens is 354 g/mol. The Kier molecular flexibility index (Phi) is 3.93. The Morgan fingerprint density at radius 1 is 1.45 bits per heavy atom. The molecule has 1 aliphatic rings. The van der Waals surface area contributed by atoms with Crippen molar-refractivity contribution in [2.75, 3.05) is 6.54 Å². The third kappa shape index (κ3) is 2.43. The maximum atomic E-state index is 12.8. The van der Waals surface area contributed by atoms with Crippen LogP contribution in [-0.4, -0.2) is 17.4 Å². The maximum absolute atomic E-state index is 12.8. The number of carbonyl (C=O) groups is 1. The summed E-state index contributed by atoms with van der Waals surface area (Å²) in [6.07, 6.45) is 0.946. The molecule has 104 valence electrons. The van der Waals surface area contributed by atoms with Gasteiger partial charge in [0.05, 0.1) is 11.6 Å². The molecule has 0 N–H and O–H groups in total. The number of thiophene rings is 1. The van der Waals surface area contributed by atoms with Crippen molar-refractivity contribution in [2.24, 2.45) is 0 Å². The van der Waals surface area contributed by atoms with Gasteiger partial charge in [-0.25, -0.2) is 0 Å². The van der Waals surface area contributed by atoms with Crippen LogP contribution in [0.3, 0.4) is 0 Å². The lowest BCUT2D eigenvalue weighted by Gasteiger charge is -2.34. The van der Waals surface area contributed by atoms with Crippen LogP contribution in [-0.2, 0) is 6.42 Å². The molecule has 2 heterocycles. The first-order chi connectivity index (χ1) is 9.58. The second-order valence-corrected chi connectivity index (χ2v) is 7.26. The van der Waals surface area contributed by atoms with Gasteiger partial charge in [-0.05, 0) is 64.5 Å². The van der Waals surface area contributed by atoms with Crippen LogP contribution in [0.25, 0.3) is 0 Å². The van der Waals surface area contributed by atoms with Crippen LogP contribution in [0.1, 0.15) is 33.8 Å². The molecule has 2 aromatic rings. The molecule has 3 rings (SSSR count). The van der Waals surface area contributed by atoms with E-state index in [1.807, 2.05) is 23.1 Å². The van der Waals surface area contributed by atoms with Crippen molar-refractivity contribution in [3.8, 4) is 0 Å². The molecule has 1 atom stereocenters. The Labute approximate surface area is 136 Å². The van der Waals surface area contributed by atoms with E-state index in [1.165, 1.54) is 10.4 Å². The molecule has 1 amide bonds. The number of thiol groups is 1. The number of hydrogen-bond acceptors (Lipinski definition) is 3. The van der Waals surface area contributed by atoms with E-state index in [4.69, 9.17) is 0 Å². The predicted octanol–water partition coefficient (Wildman–Crippen LogP) is 4.56. The summed E-state index contributed by atoms with van der Waals surface area (Å²) < 4.78 is 0.823. The van der Waals surface area contributed by atoms with Gasteiger partial charge in [0.25, 0.3) is 5.91 Å². The molecule has 0 bridgehead atoms. The highest BCUT2D eigenvalue weighted by molar-refractivity contribution is 9.10. The number of halogens is 1. The van der Waals surface area contributed by atoms with E-state index in [0.717, 1.165) is 22.3 Å². The van der Waals surface area contributed by atoms with Gasteiger partial charge < -0.3 is 4.90 Å². The molecule has 0 fully saturated rings. The summed E-state index contributed by atoms with van der Waals surface area (Å²) in [5.74, 6) is 0.0668. The molecule has 2 nitrogen and oxygen atoms in total. The summed E-state index contributed by atoms with van der Waals surface area (Å²) in [5, 5.41) is 2.11. The lowest BCUT2D eigenvalue weighted by molar-refractivity contribution is 0.0678. The summed E-state index contributed by atoms with van der Waals surface area (Å²) in [6, 6.07) is 7.84. The molecule has 0 radical (unpaired) electrons. The summed E-state index contributed by atoms with van der Waals surface area (Å²) in [6.45, 7) is 2.87. The molecule has 0 saturated heterocycles. The van der Waals surface area contributed by atoms with Crippen LogP contribution in [0.2, 0.25) is 0 Å². The number of benzene rings is 1. The van der Waals surface area contributed by atoms with Crippen LogP contribution in [0.15, 0.2) is 39.0 Å². The molecular formula is C15H14BrNOS2. The minimum atomic E-state index is 0.0668. The van der Waals surface area contributed by atoms with Gasteiger partial charge in [0.15, 0.2) is 0 Å². The van der Waals surface area contributed by atoms with Crippen molar-refractivity contribution < 1.29 is 4.79 Å². The predicted molar refractivity (Wildman–Crippen MR) is 88.9 cm³/mol. The zero-order valence-electron chi connectivity index (χ0n) is 11.0. The van der Waals surface area contributed by atoms with Crippen LogP contribution in [0.5, 0.6) is 0 Å². The van der Waals surface area contributed by atoms with Gasteiger partial charge in [0.1, 0.15) is 0 Å². The summed E-state index contributed by atoms with van der Waals surface area (Å²) >= 11 is 9.57. The largest absolute Gasteiger partial charge is 0.331 e. The van der Waals surface area contributed by atoms with Crippen LogP contribution in [0, 0.1) is 0 Å². The van der Waals surface area contributed by atoms with E-state index >= 15 is 0 Å². The van der Waals surface area contributed by atoms with Crippen molar-refractivity contribution in [1.82, 2.24) is 4.90 Å². The minimum absolute atomic E-state index is 0.0668. The normalized spacial score (nSPS) is 17.9. The SMILES string of the molecule is CC1c2ccsc2CCN1C(=O)c1cc(S)ccc1Br. The number of carbonyl (C=O) groups excluding carboxylic acids is 1. The lowest BCUT2D eigenvalue weighted by Crippen LogP contribution is -2.38. The van der Waals surface area contributed by atoms with Crippen LogP contribution >= 0.6 is 39.9 Å². The standard InChI is InChI=1S/C15H14BrNOS2/c1-9-11-5-7-20-14(11)4-6-17(9)15(18)12-8-10(19)2-3-13(12)16/h2-3,5,7-9,19H,4,6H2,1H3. The highest BCUT2D eigenvalue weighted by atomic mass is 79.9. The fraction of sp³-hybridized carbons (Fsp3) is 0.267. The van der Waals surface area contributed by atoms with Gasteiger partial charge in [0.2, 0.25) is 0 Å². The number of rotatable bonds is 1. The molecule has 0 aliphatic carbocycles. The maximum Gasteiger partial charge on any atom is 0.255 e. The van der Waals surface area contributed by atoms with E-state index < -0.39 is 0 Å². The Morgan fingerprint density at radius 2 is 2.25 bits per heavy atom. The highest BCUT2D eigenvalue weighted by Gasteiger charge is 2.29. The lowest BCUT2D eigenvalue weighted by atomic mass is 10.0. The zero-order valence-corrected chi connectivity index (χ0v) is 14.3. The molecule has 20 heavy (non-hydrogen) atoms. The summed E-state index contributed by atoms with van der Waals surface area (Å²) in [5.41, 5.74) is 1.97. The van der Waals surface area contributed by atoms with Crippen molar-refractivity contribution in [1.29, 1.82) is 0 Å². The number of fused-ring (bicyclic) bond motifs is 1. The van der Waals surface area contributed by atoms with Gasteiger partial charge in [-0.2, -0.15) is 0 Å². The Hall–Kier alpha value is -0.780. The summed E-state index contributed by atoms with van der Waals surface area (Å²) in [7, 11) is 0. The van der Waals surface area contributed by atoms with Crippen molar-refractivity contribution in [3.63, 3.8) is 0 Å². The number of nitrogens with zero attached hydrogens (tertiary/aromatic N) is 1. The molecule has 1 aliphatic heterocycles. The number of amides is 1. The Balaban J connectivity index is 1.94. The monoisotopic (exact) mass is 367 g/mol. The Bertz CT molecular complexity index is 668. The second-order valence-electron chi connectivity index (χ2n) is 4.89. The first-order valence-electron chi connectivity index (χ1n) is 6.43. The smallest absolute Gasteiger partial charge is 0.255 e. The van der Waals surface area contributed by atoms with E-state index in [9.17, 15) is 4.79 Å². The molecule has 1 aromatic carbocycles. The van der Waals surface area contributed by atoms with Gasteiger partial charge in [0, 0.05) is 20.8 Å². The molecule has 1 unspecified atom stereocenters. The molecule has 0 saturated carbocycles. The van der Waals surface area contributed by atoms with Crippen LogP contribution in [0.4, 0.5) is 0 Å². The van der Waals surface area contributed by atoms with E-state index in [1.54, 1.807) is 11.3 Å². The molecule has 5 heteroatoms. The second kappa shape index (κ2) is 5.54. The van der Waals surface area contributed by atoms with Crippen molar-refractivity contribution in [2.45, 2.75) is 24.3 Å². The summed E-state index contributed by atoms with van der Waals surface area (Å²) in [4.78, 5) is 16.9. The average Bonchev–Trinajstić information content (AvgIpc) is 2.90. The van der Waals surface area contributed by atoms with Gasteiger partial charge in [-0.3, -0.25) is 4.79 Å². The van der Waals surface area contributed by atoms with E-state index in [-0.39, 0.29) is 11.9 Å². The van der Waals surface area contributed by atoms with Crippen molar-refractivity contribution in [3.05, 3.63) is 50.1 Å². The molecule has 1 aromatic heterocycles. The van der Waals surface area contributed by atoms with Crippen LogP contribution < -0.4 is 0 Å². The zero-order chi connectivity index (χ0) is 14.3. The third-order valence-corrected chi connectivity index (χ3v) is 5.68. The van der Waals surface area contributed by atoms with Gasteiger partial charge in [-0.1, -0.05) is 0 Å². The fourth-order valence-corrected chi connectivity index (χ4v) is 4.20. The Morgan fingerprint density at radius 3 is 3.05 bits per heavy atom. The van der Waals surface area contributed by atoms with E-state index in [2.05, 4.69) is 46.9 Å². The first kappa shape index (κ1) is 14.2. The number of hydrogen-bond donors (Lipinski definition) is 1. The fourth-order valence-electron chi connectivity index (χ4n) is 2.62. The van der Waals surface area contributed by atoms with Crippen molar-refractivity contribution >= 4 is 45.8 Å². The van der Waals surface area contributed by atoms with E-state index in [0.29, 0.717) is 5.56 Å². The highest BCUT2D eigenvalue weighted by Crippen LogP contribution is 2.34. The topological polar surface area (TPSA) is 20.3 Å². The third-order valence-electron chi connectivity index (χ3n) is 3.72. The first-order valence-corrected chi connectivity index (χ1v) is 8.55. The van der Waals surface area contributed by atoms with Gasteiger partial charge in [-0.15, -0.1) is 24.0 Å². The minimum Gasteiger partial charge on any atom is -0.331 e. The molecule has 0 spiro atoms. The quantitative estimate of drug-likeness (QED) is 0.732.